The normalized spacial score (nSPS) is 15.1. The predicted molar refractivity (Wildman–Crippen MR) is 61.6 cm³/mol. The van der Waals surface area contributed by atoms with E-state index in [-0.39, 0.29) is 0 Å². The molecule has 0 amide bonds. The van der Waals surface area contributed by atoms with E-state index in [4.69, 9.17) is 4.74 Å². The number of ether oxygens (including phenoxy) is 1. The van der Waals surface area contributed by atoms with E-state index >= 15 is 0 Å². The third-order valence-electron chi connectivity index (χ3n) is 2.49. The molecule has 0 N–H and O–H groups in total. The third kappa shape index (κ3) is 2.61. The van der Waals surface area contributed by atoms with Gasteiger partial charge in [0.15, 0.2) is 0 Å². The number of nitrogens with zero attached hydrogens (tertiary/aromatic N) is 2. The molecule has 0 saturated heterocycles. The molecule has 2 rings (SSSR count). The van der Waals surface area contributed by atoms with Crippen LogP contribution in [-0.2, 0) is 6.42 Å². The standard InChI is InChI=1S/C12H18N2O/c1-4-9-7-11(15-10-5-6-10)8-12(13-9)14(2)3/h7-8,10H,4-6H2,1-3H3. The minimum Gasteiger partial charge on any atom is -0.490 e. The lowest BCUT2D eigenvalue weighted by atomic mass is 10.2. The van der Waals surface area contributed by atoms with E-state index in [2.05, 4.69) is 11.9 Å². The molecule has 0 aliphatic heterocycles. The Morgan fingerprint density at radius 3 is 2.67 bits per heavy atom. The minimum absolute atomic E-state index is 0.451. The highest BCUT2D eigenvalue weighted by Gasteiger charge is 2.23. The van der Waals surface area contributed by atoms with Crippen LogP contribution in [0.5, 0.6) is 5.75 Å². The summed E-state index contributed by atoms with van der Waals surface area (Å²) < 4.78 is 5.79. The van der Waals surface area contributed by atoms with Gasteiger partial charge in [0.1, 0.15) is 11.6 Å². The molecule has 0 atom stereocenters. The fraction of sp³-hybridized carbons (Fsp3) is 0.583. The quantitative estimate of drug-likeness (QED) is 0.755. The van der Waals surface area contributed by atoms with Crippen molar-refractivity contribution in [1.29, 1.82) is 0 Å². The molecule has 3 heteroatoms. The lowest BCUT2D eigenvalue weighted by Crippen LogP contribution is -2.12. The molecule has 1 aliphatic carbocycles. The second-order valence-corrected chi connectivity index (χ2v) is 4.22. The van der Waals surface area contributed by atoms with Crippen LogP contribution in [0.3, 0.4) is 0 Å². The highest BCUT2D eigenvalue weighted by Crippen LogP contribution is 2.28. The summed E-state index contributed by atoms with van der Waals surface area (Å²) in [5, 5.41) is 0. The van der Waals surface area contributed by atoms with Crippen molar-refractivity contribution in [1.82, 2.24) is 4.98 Å². The fourth-order valence-electron chi connectivity index (χ4n) is 1.40. The highest BCUT2D eigenvalue weighted by molar-refractivity contribution is 5.44. The Bertz CT molecular complexity index is 345. The molecular weight excluding hydrogens is 188 g/mol. The second-order valence-electron chi connectivity index (χ2n) is 4.22. The van der Waals surface area contributed by atoms with Crippen LogP contribution in [0.2, 0.25) is 0 Å². The van der Waals surface area contributed by atoms with E-state index in [1.807, 2.05) is 31.1 Å². The van der Waals surface area contributed by atoms with E-state index in [0.29, 0.717) is 6.10 Å². The van der Waals surface area contributed by atoms with Gasteiger partial charge in [0.05, 0.1) is 6.10 Å². The molecule has 1 aliphatic rings. The first-order chi connectivity index (χ1) is 7.19. The first-order valence-corrected chi connectivity index (χ1v) is 5.54. The van der Waals surface area contributed by atoms with Gasteiger partial charge in [0.25, 0.3) is 0 Å². The molecular formula is C12H18N2O. The fourth-order valence-corrected chi connectivity index (χ4v) is 1.40. The van der Waals surface area contributed by atoms with Crippen LogP contribution in [0.1, 0.15) is 25.5 Å². The third-order valence-corrected chi connectivity index (χ3v) is 2.49. The Hall–Kier alpha value is -1.25. The zero-order chi connectivity index (χ0) is 10.8. The molecule has 0 radical (unpaired) electrons. The summed E-state index contributed by atoms with van der Waals surface area (Å²) in [6, 6.07) is 4.06. The van der Waals surface area contributed by atoms with Crippen LogP contribution in [-0.4, -0.2) is 25.2 Å². The Balaban J connectivity index is 2.23. The predicted octanol–water partition coefficient (Wildman–Crippen LogP) is 2.25. The van der Waals surface area contributed by atoms with Gasteiger partial charge >= 0.3 is 0 Å². The molecule has 0 unspecified atom stereocenters. The lowest BCUT2D eigenvalue weighted by Gasteiger charge is -2.14. The summed E-state index contributed by atoms with van der Waals surface area (Å²) in [5.74, 6) is 1.94. The van der Waals surface area contributed by atoms with Gasteiger partial charge < -0.3 is 9.64 Å². The number of anilines is 1. The molecule has 0 aromatic carbocycles. The Morgan fingerprint density at radius 2 is 2.13 bits per heavy atom. The van der Waals surface area contributed by atoms with Crippen molar-refractivity contribution in [2.75, 3.05) is 19.0 Å². The molecule has 3 nitrogen and oxygen atoms in total. The smallest absolute Gasteiger partial charge is 0.132 e. The van der Waals surface area contributed by atoms with Crippen LogP contribution in [0.4, 0.5) is 5.82 Å². The van der Waals surface area contributed by atoms with Crippen molar-refractivity contribution in [3.8, 4) is 5.75 Å². The molecule has 15 heavy (non-hydrogen) atoms. The van der Waals surface area contributed by atoms with Gasteiger partial charge in [-0.05, 0) is 19.3 Å². The van der Waals surface area contributed by atoms with E-state index in [0.717, 1.165) is 23.7 Å². The van der Waals surface area contributed by atoms with Gasteiger partial charge in [-0.3, -0.25) is 0 Å². The average molecular weight is 206 g/mol. The maximum atomic E-state index is 5.79. The van der Waals surface area contributed by atoms with Crippen LogP contribution in [0.25, 0.3) is 0 Å². The van der Waals surface area contributed by atoms with Crippen molar-refractivity contribution in [3.63, 3.8) is 0 Å². The van der Waals surface area contributed by atoms with Gasteiger partial charge in [-0.2, -0.15) is 0 Å². The minimum atomic E-state index is 0.451. The van der Waals surface area contributed by atoms with Gasteiger partial charge in [0.2, 0.25) is 0 Å². The average Bonchev–Trinajstić information content (AvgIpc) is 3.01. The second kappa shape index (κ2) is 4.09. The maximum Gasteiger partial charge on any atom is 0.132 e. The van der Waals surface area contributed by atoms with Gasteiger partial charge in [-0.1, -0.05) is 6.92 Å². The summed E-state index contributed by atoms with van der Waals surface area (Å²) in [6.07, 6.45) is 3.79. The lowest BCUT2D eigenvalue weighted by molar-refractivity contribution is 0.302. The molecule has 0 bridgehead atoms. The molecule has 82 valence electrons. The molecule has 1 heterocycles. The summed E-state index contributed by atoms with van der Waals surface area (Å²) in [6.45, 7) is 2.11. The number of pyridine rings is 1. The van der Waals surface area contributed by atoms with E-state index < -0.39 is 0 Å². The van der Waals surface area contributed by atoms with Crippen LogP contribution in [0.15, 0.2) is 12.1 Å². The van der Waals surface area contributed by atoms with Crippen LogP contribution >= 0.6 is 0 Å². The Morgan fingerprint density at radius 1 is 1.40 bits per heavy atom. The SMILES string of the molecule is CCc1cc(OC2CC2)cc(N(C)C)n1. The number of hydrogen-bond acceptors (Lipinski definition) is 3. The van der Waals surface area contributed by atoms with Crippen LogP contribution in [0, 0.1) is 0 Å². The highest BCUT2D eigenvalue weighted by atomic mass is 16.5. The van der Waals surface area contributed by atoms with Crippen molar-refractivity contribution in [2.45, 2.75) is 32.3 Å². The number of aromatic nitrogens is 1. The number of aryl methyl sites for hydroxylation is 1. The summed E-state index contributed by atoms with van der Waals surface area (Å²) in [5.41, 5.74) is 1.09. The van der Waals surface area contributed by atoms with E-state index in [1.165, 1.54) is 12.8 Å². The van der Waals surface area contributed by atoms with Crippen molar-refractivity contribution >= 4 is 5.82 Å². The first kappa shape index (κ1) is 10.3. The molecule has 1 aromatic rings. The first-order valence-electron chi connectivity index (χ1n) is 5.54. The topological polar surface area (TPSA) is 25.4 Å². The zero-order valence-electron chi connectivity index (χ0n) is 9.66. The summed E-state index contributed by atoms with van der Waals surface area (Å²) >= 11 is 0. The Kier molecular flexibility index (Phi) is 2.80. The van der Waals surface area contributed by atoms with Crippen molar-refractivity contribution in [2.24, 2.45) is 0 Å². The van der Waals surface area contributed by atoms with Crippen LogP contribution < -0.4 is 9.64 Å². The monoisotopic (exact) mass is 206 g/mol. The molecule has 1 aromatic heterocycles. The van der Waals surface area contributed by atoms with E-state index in [9.17, 15) is 0 Å². The van der Waals surface area contributed by atoms with E-state index in [1.54, 1.807) is 0 Å². The summed E-state index contributed by atoms with van der Waals surface area (Å²) in [4.78, 5) is 6.54. The Labute approximate surface area is 91.1 Å². The number of hydrogen-bond donors (Lipinski definition) is 0. The van der Waals surface area contributed by atoms with Gasteiger partial charge in [-0.25, -0.2) is 4.98 Å². The maximum absolute atomic E-state index is 5.79. The van der Waals surface area contributed by atoms with Gasteiger partial charge in [0, 0.05) is 31.9 Å². The largest absolute Gasteiger partial charge is 0.490 e. The molecule has 1 fully saturated rings. The van der Waals surface area contributed by atoms with Gasteiger partial charge in [-0.15, -0.1) is 0 Å². The summed E-state index contributed by atoms with van der Waals surface area (Å²) in [7, 11) is 4.01. The van der Waals surface area contributed by atoms with Crippen molar-refractivity contribution in [3.05, 3.63) is 17.8 Å². The zero-order valence-corrected chi connectivity index (χ0v) is 9.66. The number of rotatable bonds is 4. The molecule has 1 saturated carbocycles. The molecule has 0 spiro atoms. The van der Waals surface area contributed by atoms with Crippen molar-refractivity contribution < 1.29 is 4.74 Å².